The van der Waals surface area contributed by atoms with Crippen molar-refractivity contribution in [2.24, 2.45) is 0 Å². The quantitative estimate of drug-likeness (QED) is 0.517. The first-order chi connectivity index (χ1) is 12.8. The first kappa shape index (κ1) is 18.0. The van der Waals surface area contributed by atoms with Crippen molar-refractivity contribution in [2.75, 3.05) is 26.8 Å². The maximum atomic E-state index is 10.0. The molecule has 136 valence electrons. The van der Waals surface area contributed by atoms with Gasteiger partial charge in [0.25, 0.3) is 0 Å². The Morgan fingerprint density at radius 3 is 2.96 bits per heavy atom. The fourth-order valence-corrected chi connectivity index (χ4v) is 2.70. The number of ether oxygens (including phenoxy) is 2. The number of hydrogen-bond donors (Lipinski definition) is 3. The highest BCUT2D eigenvalue weighted by atomic mass is 16.5. The van der Waals surface area contributed by atoms with Crippen molar-refractivity contribution in [2.45, 2.75) is 6.10 Å². The largest absolute Gasteiger partial charge is 0.496 e. The van der Waals surface area contributed by atoms with Gasteiger partial charge in [0.1, 0.15) is 24.2 Å². The van der Waals surface area contributed by atoms with Gasteiger partial charge in [0.2, 0.25) is 0 Å². The maximum absolute atomic E-state index is 10.0. The summed E-state index contributed by atoms with van der Waals surface area (Å²) in [5, 5.41) is 14.3. The highest BCUT2D eigenvalue weighted by Crippen LogP contribution is 2.20. The smallest absolute Gasteiger partial charge is 0.126 e. The van der Waals surface area contributed by atoms with Gasteiger partial charge in [-0.15, -0.1) is 0 Å². The molecule has 26 heavy (non-hydrogen) atoms. The van der Waals surface area contributed by atoms with Crippen LogP contribution in [0.25, 0.3) is 17.0 Å². The monoisotopic (exact) mass is 352 g/mol. The second kappa shape index (κ2) is 9.08. The van der Waals surface area contributed by atoms with E-state index in [0.29, 0.717) is 13.1 Å². The molecule has 0 saturated carbocycles. The molecule has 1 heterocycles. The molecule has 0 aliphatic rings. The summed E-state index contributed by atoms with van der Waals surface area (Å²) in [7, 11) is 1.66. The summed E-state index contributed by atoms with van der Waals surface area (Å²) in [6, 6.07) is 15.7. The van der Waals surface area contributed by atoms with E-state index in [1.54, 1.807) is 7.11 Å². The molecule has 3 aromatic rings. The molecule has 3 rings (SSSR count). The highest BCUT2D eigenvalue weighted by Gasteiger charge is 2.05. The number of aromatic nitrogens is 1. The minimum Gasteiger partial charge on any atom is -0.496 e. The molecule has 3 N–H and O–H groups in total. The molecule has 0 amide bonds. The van der Waals surface area contributed by atoms with Crippen molar-refractivity contribution in [1.82, 2.24) is 10.3 Å². The predicted molar refractivity (Wildman–Crippen MR) is 105 cm³/mol. The zero-order valence-electron chi connectivity index (χ0n) is 14.8. The van der Waals surface area contributed by atoms with Crippen molar-refractivity contribution in [3.05, 3.63) is 66.4 Å². The summed E-state index contributed by atoms with van der Waals surface area (Å²) in [5.41, 5.74) is 2.10. The van der Waals surface area contributed by atoms with Crippen LogP contribution >= 0.6 is 0 Å². The number of para-hydroxylation sites is 1. The van der Waals surface area contributed by atoms with Crippen molar-refractivity contribution in [3.8, 4) is 11.5 Å². The Balaban J connectivity index is 1.38. The fraction of sp³-hybridized carbons (Fsp3) is 0.238. The van der Waals surface area contributed by atoms with E-state index in [1.165, 1.54) is 0 Å². The third kappa shape index (κ3) is 4.88. The van der Waals surface area contributed by atoms with E-state index in [-0.39, 0.29) is 6.61 Å². The van der Waals surface area contributed by atoms with Crippen LogP contribution in [0.4, 0.5) is 0 Å². The lowest BCUT2D eigenvalue weighted by Crippen LogP contribution is -2.31. The summed E-state index contributed by atoms with van der Waals surface area (Å²) in [5.74, 6) is 1.60. The molecular formula is C21H24N2O3. The van der Waals surface area contributed by atoms with Crippen LogP contribution in [0.5, 0.6) is 11.5 Å². The van der Waals surface area contributed by atoms with E-state index in [9.17, 15) is 5.11 Å². The summed E-state index contributed by atoms with van der Waals surface area (Å²) < 4.78 is 11.0. The average Bonchev–Trinajstić information content (AvgIpc) is 3.14. The van der Waals surface area contributed by atoms with Crippen LogP contribution in [0.15, 0.2) is 60.8 Å². The first-order valence-electron chi connectivity index (χ1n) is 8.64. The number of aromatic amines is 1. The average molecular weight is 352 g/mol. The second-order valence-corrected chi connectivity index (χ2v) is 5.99. The van der Waals surface area contributed by atoms with Crippen molar-refractivity contribution in [1.29, 1.82) is 0 Å². The summed E-state index contributed by atoms with van der Waals surface area (Å²) >= 11 is 0. The molecule has 5 heteroatoms. The van der Waals surface area contributed by atoms with Crippen LogP contribution in [0.3, 0.4) is 0 Å². The van der Waals surface area contributed by atoms with E-state index in [2.05, 4.69) is 10.3 Å². The van der Waals surface area contributed by atoms with Crippen LogP contribution < -0.4 is 14.8 Å². The molecule has 5 nitrogen and oxygen atoms in total. The molecule has 1 unspecified atom stereocenters. The van der Waals surface area contributed by atoms with Gasteiger partial charge in [0, 0.05) is 35.8 Å². The Hall–Kier alpha value is -2.76. The number of H-pyrrole nitrogens is 1. The molecule has 0 spiro atoms. The first-order valence-corrected chi connectivity index (χ1v) is 8.64. The lowest BCUT2D eigenvalue weighted by Gasteiger charge is -2.12. The lowest BCUT2D eigenvalue weighted by molar-refractivity contribution is 0.107. The number of rotatable bonds is 9. The molecule has 0 aliphatic heterocycles. The van der Waals surface area contributed by atoms with Crippen molar-refractivity contribution < 1.29 is 14.6 Å². The van der Waals surface area contributed by atoms with Gasteiger partial charge in [-0.05, 0) is 30.3 Å². The minimum atomic E-state index is -0.573. The minimum absolute atomic E-state index is 0.249. The standard InChI is InChI=1S/C21H24N2O3/c1-25-21-7-3-2-5-16(21)6-4-11-22-14-18(24)15-26-19-8-9-20-17(13-19)10-12-23-20/h2-10,12-13,18,22-24H,11,14-15H2,1H3. The molecule has 0 radical (unpaired) electrons. The molecule has 0 saturated heterocycles. The Bertz CT molecular complexity index is 857. The fourth-order valence-electron chi connectivity index (χ4n) is 2.70. The normalized spacial score (nSPS) is 12.5. The van der Waals surface area contributed by atoms with Crippen LogP contribution in [-0.2, 0) is 0 Å². The van der Waals surface area contributed by atoms with Gasteiger partial charge in [-0.3, -0.25) is 0 Å². The number of nitrogens with one attached hydrogen (secondary N) is 2. The highest BCUT2D eigenvalue weighted by molar-refractivity contribution is 5.80. The number of benzene rings is 2. The van der Waals surface area contributed by atoms with Gasteiger partial charge < -0.3 is 24.9 Å². The Morgan fingerprint density at radius 2 is 2.08 bits per heavy atom. The maximum Gasteiger partial charge on any atom is 0.126 e. The molecule has 0 aliphatic carbocycles. The number of methoxy groups -OCH3 is 1. The zero-order valence-corrected chi connectivity index (χ0v) is 14.8. The van der Waals surface area contributed by atoms with Crippen molar-refractivity contribution >= 4 is 17.0 Å². The van der Waals surface area contributed by atoms with E-state index >= 15 is 0 Å². The van der Waals surface area contributed by atoms with Crippen LogP contribution in [-0.4, -0.2) is 43.0 Å². The number of hydrogen-bond acceptors (Lipinski definition) is 4. The molecule has 0 bridgehead atoms. The van der Waals surface area contributed by atoms with Gasteiger partial charge >= 0.3 is 0 Å². The van der Waals surface area contributed by atoms with Crippen LogP contribution in [0, 0.1) is 0 Å². The summed E-state index contributed by atoms with van der Waals surface area (Å²) in [6.45, 7) is 1.37. The topological polar surface area (TPSA) is 66.5 Å². The Morgan fingerprint density at radius 1 is 1.19 bits per heavy atom. The third-order valence-electron chi connectivity index (χ3n) is 4.05. The number of aliphatic hydroxyl groups is 1. The number of fused-ring (bicyclic) bond motifs is 1. The third-order valence-corrected chi connectivity index (χ3v) is 4.05. The van der Waals surface area contributed by atoms with Gasteiger partial charge in [0.05, 0.1) is 7.11 Å². The van der Waals surface area contributed by atoms with Crippen LogP contribution in [0.2, 0.25) is 0 Å². The zero-order chi connectivity index (χ0) is 18.2. The SMILES string of the molecule is COc1ccccc1C=CCNCC(O)COc1ccc2[nH]ccc2c1. The van der Waals surface area contributed by atoms with Crippen LogP contribution in [0.1, 0.15) is 5.56 Å². The molecule has 1 atom stereocenters. The van der Waals surface area contributed by atoms with E-state index in [4.69, 9.17) is 9.47 Å². The van der Waals surface area contributed by atoms with E-state index in [0.717, 1.165) is 28.0 Å². The molecule has 1 aromatic heterocycles. The van der Waals surface area contributed by atoms with Crippen molar-refractivity contribution in [3.63, 3.8) is 0 Å². The molecule has 2 aromatic carbocycles. The second-order valence-electron chi connectivity index (χ2n) is 5.99. The Labute approximate surface area is 153 Å². The Kier molecular flexibility index (Phi) is 6.30. The van der Waals surface area contributed by atoms with E-state index < -0.39 is 6.10 Å². The van der Waals surface area contributed by atoms with Gasteiger partial charge in [0.15, 0.2) is 0 Å². The molecular weight excluding hydrogens is 328 g/mol. The number of aliphatic hydroxyl groups excluding tert-OH is 1. The summed E-state index contributed by atoms with van der Waals surface area (Å²) in [6.07, 6.45) is 5.33. The van der Waals surface area contributed by atoms with E-state index in [1.807, 2.05) is 66.9 Å². The van der Waals surface area contributed by atoms with Gasteiger partial charge in [-0.2, -0.15) is 0 Å². The van der Waals surface area contributed by atoms with Gasteiger partial charge in [-0.25, -0.2) is 0 Å². The lowest BCUT2D eigenvalue weighted by atomic mass is 10.2. The van der Waals surface area contributed by atoms with Gasteiger partial charge in [-0.1, -0.05) is 30.4 Å². The molecule has 0 fully saturated rings. The summed E-state index contributed by atoms with van der Waals surface area (Å²) in [4.78, 5) is 3.14. The predicted octanol–water partition coefficient (Wildman–Crippen LogP) is 3.22.